The van der Waals surface area contributed by atoms with Gasteiger partial charge in [-0.05, 0) is 30.7 Å². The van der Waals surface area contributed by atoms with E-state index in [-0.39, 0.29) is 12.3 Å². The first-order chi connectivity index (χ1) is 13.6. The minimum atomic E-state index is -0.349. The minimum absolute atomic E-state index is 0.126. The van der Waals surface area contributed by atoms with E-state index in [1.165, 1.54) is 5.56 Å². The minimum Gasteiger partial charge on any atom is -0.464 e. The molecule has 0 aromatic heterocycles. The van der Waals surface area contributed by atoms with E-state index in [0.29, 0.717) is 10.0 Å². The van der Waals surface area contributed by atoms with Gasteiger partial charge in [0.2, 0.25) is 6.23 Å². The van der Waals surface area contributed by atoms with Gasteiger partial charge in [-0.3, -0.25) is 0 Å². The molecule has 0 amide bonds. The second-order valence-electron chi connectivity index (χ2n) is 7.19. The maximum atomic E-state index is 6.35. The number of nitrogens with zero attached hydrogens (tertiary/aromatic N) is 2. The third-order valence-electron chi connectivity index (χ3n) is 5.31. The van der Waals surface area contributed by atoms with Gasteiger partial charge in [0, 0.05) is 17.5 Å². The summed E-state index contributed by atoms with van der Waals surface area (Å²) in [5, 5.41) is 8.07. The molecule has 0 spiro atoms. The molecular weight excluding hydrogens is 391 g/mol. The number of hydrogen-bond donors (Lipinski definition) is 0. The van der Waals surface area contributed by atoms with Crippen molar-refractivity contribution in [3.63, 3.8) is 0 Å². The Morgan fingerprint density at radius 1 is 0.964 bits per heavy atom. The lowest BCUT2D eigenvalue weighted by Crippen LogP contribution is -2.33. The molecule has 0 N–H and O–H groups in total. The number of hydrazone groups is 1. The topological polar surface area (TPSA) is 24.8 Å². The average molecular weight is 409 g/mol. The SMILES string of the molecule is Cc1ccc(C2=NN3[C@H](C2)c2ccccc2O[C@@H]3c2ccc(Cl)c(Cl)c2)cc1. The lowest BCUT2D eigenvalue weighted by Gasteiger charge is -2.38. The first-order valence-electron chi connectivity index (χ1n) is 9.23. The average Bonchev–Trinajstić information content (AvgIpc) is 3.16. The molecule has 0 fully saturated rings. The van der Waals surface area contributed by atoms with Gasteiger partial charge in [0.1, 0.15) is 5.75 Å². The first-order valence-corrected chi connectivity index (χ1v) is 9.99. The molecule has 0 radical (unpaired) electrons. The molecule has 0 saturated carbocycles. The van der Waals surface area contributed by atoms with Crippen LogP contribution in [-0.2, 0) is 0 Å². The number of fused-ring (bicyclic) bond motifs is 3. The van der Waals surface area contributed by atoms with Crippen molar-refractivity contribution >= 4 is 28.9 Å². The Bertz CT molecular complexity index is 1080. The van der Waals surface area contributed by atoms with Crippen LogP contribution >= 0.6 is 23.2 Å². The van der Waals surface area contributed by atoms with Gasteiger partial charge < -0.3 is 4.74 Å². The molecule has 2 heterocycles. The molecule has 0 aliphatic carbocycles. The molecule has 0 saturated heterocycles. The van der Waals surface area contributed by atoms with E-state index in [1.54, 1.807) is 6.07 Å². The highest BCUT2D eigenvalue weighted by Gasteiger charge is 2.40. The number of ether oxygens (including phenoxy) is 1. The fraction of sp³-hybridized carbons (Fsp3) is 0.174. The summed E-state index contributed by atoms with van der Waals surface area (Å²) in [6.07, 6.45) is 0.485. The van der Waals surface area contributed by atoms with Crippen LogP contribution in [0.2, 0.25) is 10.0 Å². The van der Waals surface area contributed by atoms with Crippen molar-refractivity contribution in [3.05, 3.63) is 99.0 Å². The highest BCUT2D eigenvalue weighted by Crippen LogP contribution is 2.47. The summed E-state index contributed by atoms with van der Waals surface area (Å²) in [6, 6.07) is 22.4. The molecule has 5 rings (SSSR count). The molecule has 2 atom stereocenters. The number of halogens is 2. The zero-order valence-corrected chi connectivity index (χ0v) is 16.8. The third-order valence-corrected chi connectivity index (χ3v) is 6.05. The molecule has 2 aliphatic heterocycles. The quantitative estimate of drug-likeness (QED) is 0.480. The van der Waals surface area contributed by atoms with Crippen LogP contribution in [0.1, 0.15) is 40.9 Å². The van der Waals surface area contributed by atoms with E-state index in [4.69, 9.17) is 33.0 Å². The van der Waals surface area contributed by atoms with Gasteiger partial charge in [0.25, 0.3) is 0 Å². The van der Waals surface area contributed by atoms with Crippen molar-refractivity contribution in [2.75, 3.05) is 0 Å². The number of para-hydroxylation sites is 1. The molecule has 3 aromatic rings. The molecule has 2 aliphatic rings. The molecule has 3 nitrogen and oxygen atoms in total. The van der Waals surface area contributed by atoms with E-state index in [1.807, 2.05) is 30.3 Å². The molecule has 5 heteroatoms. The standard InChI is InChI=1S/C23H18Cl2N2O/c1-14-6-8-15(9-7-14)20-13-21-17-4-2-3-5-22(17)28-23(27(21)26-20)16-10-11-18(24)19(25)12-16/h2-12,21,23H,13H2,1H3/t21-,23-/m1/s1. The van der Waals surface area contributed by atoms with Crippen molar-refractivity contribution in [2.24, 2.45) is 5.10 Å². The van der Waals surface area contributed by atoms with Crippen molar-refractivity contribution in [1.82, 2.24) is 5.01 Å². The van der Waals surface area contributed by atoms with Crippen LogP contribution in [0.25, 0.3) is 0 Å². The van der Waals surface area contributed by atoms with Gasteiger partial charge in [-0.2, -0.15) is 5.10 Å². The van der Waals surface area contributed by atoms with Gasteiger partial charge in [-0.25, -0.2) is 5.01 Å². The molecule has 0 bridgehead atoms. The Kier molecular flexibility index (Phi) is 4.30. The summed E-state index contributed by atoms with van der Waals surface area (Å²) in [7, 11) is 0. The van der Waals surface area contributed by atoms with E-state index in [9.17, 15) is 0 Å². The van der Waals surface area contributed by atoms with Gasteiger partial charge >= 0.3 is 0 Å². The Labute approximate surface area is 174 Å². The van der Waals surface area contributed by atoms with E-state index < -0.39 is 0 Å². The van der Waals surface area contributed by atoms with Crippen LogP contribution in [0.4, 0.5) is 0 Å². The summed E-state index contributed by atoms with van der Waals surface area (Å²) >= 11 is 12.4. The maximum Gasteiger partial charge on any atom is 0.213 e. The van der Waals surface area contributed by atoms with Gasteiger partial charge in [0.05, 0.1) is 21.8 Å². The van der Waals surface area contributed by atoms with Crippen LogP contribution in [0.3, 0.4) is 0 Å². The highest BCUT2D eigenvalue weighted by atomic mass is 35.5. The molecule has 140 valence electrons. The van der Waals surface area contributed by atoms with Crippen LogP contribution < -0.4 is 4.74 Å². The van der Waals surface area contributed by atoms with Crippen LogP contribution in [0.5, 0.6) is 5.75 Å². The highest BCUT2D eigenvalue weighted by molar-refractivity contribution is 6.42. The number of aryl methyl sites for hydroxylation is 1. The van der Waals surface area contributed by atoms with Crippen molar-refractivity contribution in [3.8, 4) is 5.75 Å². The number of rotatable bonds is 2. The van der Waals surface area contributed by atoms with Crippen molar-refractivity contribution < 1.29 is 4.74 Å². The Morgan fingerprint density at radius 3 is 2.54 bits per heavy atom. The van der Waals surface area contributed by atoms with Crippen molar-refractivity contribution in [2.45, 2.75) is 25.6 Å². The normalized spacial score (nSPS) is 20.2. The number of benzene rings is 3. The van der Waals surface area contributed by atoms with E-state index in [0.717, 1.165) is 34.6 Å². The zero-order valence-electron chi connectivity index (χ0n) is 15.3. The Balaban J connectivity index is 1.59. The largest absolute Gasteiger partial charge is 0.464 e. The van der Waals surface area contributed by atoms with Crippen LogP contribution in [0, 0.1) is 6.92 Å². The van der Waals surface area contributed by atoms with Gasteiger partial charge in [-0.15, -0.1) is 0 Å². The second kappa shape index (κ2) is 6.84. The molecular formula is C23H18Cl2N2O. The molecule has 28 heavy (non-hydrogen) atoms. The zero-order chi connectivity index (χ0) is 19.3. The first kappa shape index (κ1) is 17.6. The number of hydrogen-bond acceptors (Lipinski definition) is 3. The fourth-order valence-electron chi connectivity index (χ4n) is 3.84. The Morgan fingerprint density at radius 2 is 1.75 bits per heavy atom. The lowest BCUT2D eigenvalue weighted by molar-refractivity contribution is -0.0190. The summed E-state index contributed by atoms with van der Waals surface area (Å²) in [5.74, 6) is 0.889. The fourth-order valence-corrected chi connectivity index (χ4v) is 4.15. The maximum absolute atomic E-state index is 6.35. The van der Waals surface area contributed by atoms with Gasteiger partial charge in [-0.1, -0.05) is 77.3 Å². The summed E-state index contributed by atoms with van der Waals surface area (Å²) in [4.78, 5) is 0. The van der Waals surface area contributed by atoms with Crippen LogP contribution in [-0.4, -0.2) is 10.7 Å². The summed E-state index contributed by atoms with van der Waals surface area (Å²) in [6.45, 7) is 2.09. The third kappa shape index (κ3) is 2.95. The molecule has 0 unspecified atom stereocenters. The van der Waals surface area contributed by atoms with E-state index >= 15 is 0 Å². The van der Waals surface area contributed by atoms with Crippen LogP contribution in [0.15, 0.2) is 71.8 Å². The second-order valence-corrected chi connectivity index (χ2v) is 8.01. The predicted octanol–water partition coefficient (Wildman–Crippen LogP) is 6.54. The van der Waals surface area contributed by atoms with E-state index in [2.05, 4.69) is 42.3 Å². The van der Waals surface area contributed by atoms with Gasteiger partial charge in [0.15, 0.2) is 0 Å². The summed E-state index contributed by atoms with van der Waals surface area (Å²) < 4.78 is 6.35. The predicted molar refractivity (Wildman–Crippen MR) is 113 cm³/mol. The molecule has 3 aromatic carbocycles. The summed E-state index contributed by atoms with van der Waals surface area (Å²) in [5.41, 5.74) is 5.54. The smallest absolute Gasteiger partial charge is 0.213 e. The van der Waals surface area contributed by atoms with Crippen molar-refractivity contribution in [1.29, 1.82) is 0 Å². The Hall–Kier alpha value is -2.49. The monoisotopic (exact) mass is 408 g/mol. The lowest BCUT2D eigenvalue weighted by atomic mass is 9.95.